The van der Waals surface area contributed by atoms with E-state index in [1.165, 1.54) is 0 Å². The van der Waals surface area contributed by atoms with Crippen molar-refractivity contribution in [1.29, 1.82) is 0 Å². The molecule has 1 aromatic heterocycles. The lowest BCUT2D eigenvalue weighted by molar-refractivity contribution is 0.0702. The Morgan fingerprint density at radius 2 is 2.12 bits per heavy atom. The van der Waals surface area contributed by atoms with Crippen molar-refractivity contribution in [3.8, 4) is 5.75 Å². The van der Waals surface area contributed by atoms with Crippen LogP contribution >= 0.6 is 0 Å². The predicted molar refractivity (Wildman–Crippen MR) is 87.8 cm³/mol. The number of carbonyl (C=O) groups excluding carboxylic acids is 1. The van der Waals surface area contributed by atoms with Crippen molar-refractivity contribution in [1.82, 2.24) is 20.4 Å². The molecular weight excluding hydrogens is 308 g/mol. The number of benzene rings is 1. The Kier molecular flexibility index (Phi) is 5.10. The highest BCUT2D eigenvalue weighted by atomic mass is 16.5. The van der Waals surface area contributed by atoms with Crippen LogP contribution in [0.1, 0.15) is 34.9 Å². The van der Waals surface area contributed by atoms with Gasteiger partial charge in [-0.05, 0) is 32.0 Å². The van der Waals surface area contributed by atoms with Crippen molar-refractivity contribution >= 4 is 5.91 Å². The van der Waals surface area contributed by atoms with Crippen LogP contribution in [0.2, 0.25) is 0 Å². The fourth-order valence-electron chi connectivity index (χ4n) is 2.85. The normalized spacial score (nSPS) is 15.5. The first-order chi connectivity index (χ1) is 11.7. The number of aryl methyl sites for hydroxylation is 1. The molecule has 0 unspecified atom stereocenters. The first-order valence-electron chi connectivity index (χ1n) is 8.15. The van der Waals surface area contributed by atoms with Crippen LogP contribution in [-0.4, -0.2) is 47.1 Å². The van der Waals surface area contributed by atoms with Gasteiger partial charge in [-0.25, -0.2) is 0 Å². The molecular formula is C17H22N4O3. The summed E-state index contributed by atoms with van der Waals surface area (Å²) in [6.45, 7) is 3.40. The van der Waals surface area contributed by atoms with Crippen molar-refractivity contribution in [2.24, 2.45) is 0 Å². The highest BCUT2D eigenvalue weighted by Crippen LogP contribution is 2.22. The lowest BCUT2D eigenvalue weighted by Crippen LogP contribution is -2.44. The number of ether oxygens (including phenoxy) is 1. The summed E-state index contributed by atoms with van der Waals surface area (Å²) in [5.41, 5.74) is 0.570. The first-order valence-corrected chi connectivity index (χ1v) is 8.15. The zero-order valence-electron chi connectivity index (χ0n) is 14.0. The number of rotatable bonds is 5. The van der Waals surface area contributed by atoms with Crippen molar-refractivity contribution < 1.29 is 14.1 Å². The van der Waals surface area contributed by atoms with E-state index in [9.17, 15) is 4.79 Å². The number of aromatic nitrogens is 2. The zero-order valence-corrected chi connectivity index (χ0v) is 14.0. The number of amides is 1. The molecule has 24 heavy (non-hydrogen) atoms. The van der Waals surface area contributed by atoms with Crippen LogP contribution in [0.15, 0.2) is 28.8 Å². The van der Waals surface area contributed by atoms with Crippen LogP contribution in [0.3, 0.4) is 0 Å². The van der Waals surface area contributed by atoms with Crippen molar-refractivity contribution in [2.45, 2.75) is 32.4 Å². The van der Waals surface area contributed by atoms with Gasteiger partial charge in [-0.15, -0.1) is 0 Å². The number of hydrogen-bond donors (Lipinski definition) is 1. The summed E-state index contributed by atoms with van der Waals surface area (Å²) in [7, 11) is 1.96. The number of nitrogens with one attached hydrogen (secondary N) is 1. The van der Waals surface area contributed by atoms with E-state index >= 15 is 0 Å². The van der Waals surface area contributed by atoms with Gasteiger partial charge >= 0.3 is 0 Å². The minimum Gasteiger partial charge on any atom is -0.485 e. The summed E-state index contributed by atoms with van der Waals surface area (Å²) in [5.74, 6) is 1.50. The maximum absolute atomic E-state index is 12.8. The molecule has 0 saturated carbocycles. The van der Waals surface area contributed by atoms with E-state index in [4.69, 9.17) is 9.26 Å². The van der Waals surface area contributed by atoms with Crippen LogP contribution in [0.25, 0.3) is 0 Å². The van der Waals surface area contributed by atoms with Gasteiger partial charge in [0, 0.05) is 26.1 Å². The van der Waals surface area contributed by atoms with Crippen molar-refractivity contribution in [3.05, 3.63) is 41.5 Å². The Morgan fingerprint density at radius 3 is 2.79 bits per heavy atom. The molecule has 2 aromatic rings. The molecule has 128 valence electrons. The monoisotopic (exact) mass is 330 g/mol. The highest BCUT2D eigenvalue weighted by molar-refractivity contribution is 5.97. The van der Waals surface area contributed by atoms with Crippen molar-refractivity contribution in [3.63, 3.8) is 0 Å². The van der Waals surface area contributed by atoms with Crippen LogP contribution in [-0.2, 0) is 6.61 Å². The average Bonchev–Trinajstić information content (AvgIpc) is 3.05. The molecule has 1 saturated heterocycles. The van der Waals surface area contributed by atoms with Gasteiger partial charge in [0.2, 0.25) is 11.7 Å². The number of piperidine rings is 1. The predicted octanol–water partition coefficient (Wildman–Crippen LogP) is 1.78. The summed E-state index contributed by atoms with van der Waals surface area (Å²) < 4.78 is 10.7. The van der Waals surface area contributed by atoms with Gasteiger partial charge in [-0.2, -0.15) is 4.98 Å². The maximum Gasteiger partial charge on any atom is 0.257 e. The van der Waals surface area contributed by atoms with Crippen LogP contribution < -0.4 is 10.1 Å². The molecule has 2 heterocycles. The number of hydrogen-bond acceptors (Lipinski definition) is 6. The van der Waals surface area contributed by atoms with Gasteiger partial charge < -0.3 is 19.5 Å². The molecule has 0 aliphatic carbocycles. The standard InChI is InChI=1S/C17H22N4O3/c1-12-19-16(20-24-12)11-23-15-6-4-3-5-14(15)17(22)21-9-7-13(18-2)8-10-21/h3-6,13,18H,7-11H2,1-2H3. The fourth-order valence-corrected chi connectivity index (χ4v) is 2.85. The number of likely N-dealkylation sites (tertiary alicyclic amines) is 1. The molecule has 1 amide bonds. The molecule has 0 bridgehead atoms. The van der Waals surface area contributed by atoms with Gasteiger partial charge in [0.15, 0.2) is 6.61 Å². The number of nitrogens with zero attached hydrogens (tertiary/aromatic N) is 3. The van der Waals surface area contributed by atoms with Crippen LogP contribution in [0.5, 0.6) is 5.75 Å². The molecule has 1 aliphatic heterocycles. The number of carbonyl (C=O) groups is 1. The topological polar surface area (TPSA) is 80.5 Å². The fraction of sp³-hybridized carbons (Fsp3) is 0.471. The van der Waals surface area contributed by atoms with E-state index < -0.39 is 0 Å². The molecule has 0 radical (unpaired) electrons. The second-order valence-electron chi connectivity index (χ2n) is 5.87. The largest absolute Gasteiger partial charge is 0.485 e. The summed E-state index contributed by atoms with van der Waals surface area (Å²) in [4.78, 5) is 18.8. The zero-order chi connectivity index (χ0) is 16.9. The molecule has 1 N–H and O–H groups in total. The Balaban J connectivity index is 1.68. The summed E-state index contributed by atoms with van der Waals surface area (Å²) in [6.07, 6.45) is 1.93. The quantitative estimate of drug-likeness (QED) is 0.900. The van der Waals surface area contributed by atoms with E-state index in [2.05, 4.69) is 15.5 Å². The molecule has 0 atom stereocenters. The van der Waals surface area contributed by atoms with Crippen LogP contribution in [0.4, 0.5) is 0 Å². The van der Waals surface area contributed by atoms with Gasteiger partial charge in [0.05, 0.1) is 5.56 Å². The molecule has 0 spiro atoms. The van der Waals surface area contributed by atoms with E-state index in [1.807, 2.05) is 24.1 Å². The smallest absolute Gasteiger partial charge is 0.257 e. The molecule has 1 fully saturated rings. The third-order valence-electron chi connectivity index (χ3n) is 4.23. The SMILES string of the molecule is CNC1CCN(C(=O)c2ccccc2OCc2noc(C)n2)CC1. The van der Waals surface area contributed by atoms with Gasteiger partial charge in [-0.1, -0.05) is 17.3 Å². The van der Waals surface area contributed by atoms with Crippen LogP contribution in [0, 0.1) is 6.92 Å². The van der Waals surface area contributed by atoms with Crippen molar-refractivity contribution in [2.75, 3.05) is 20.1 Å². The van der Waals surface area contributed by atoms with E-state index in [0.29, 0.717) is 29.1 Å². The summed E-state index contributed by atoms with van der Waals surface area (Å²) in [5, 5.41) is 7.07. The molecule has 1 aromatic carbocycles. The second-order valence-corrected chi connectivity index (χ2v) is 5.87. The minimum atomic E-state index is 0.00412. The Bertz CT molecular complexity index is 693. The molecule has 3 rings (SSSR count). The third kappa shape index (κ3) is 3.73. The van der Waals surface area contributed by atoms with E-state index in [0.717, 1.165) is 25.9 Å². The minimum absolute atomic E-state index is 0.00412. The third-order valence-corrected chi connectivity index (χ3v) is 4.23. The lowest BCUT2D eigenvalue weighted by Gasteiger charge is -2.32. The van der Waals surface area contributed by atoms with Gasteiger partial charge in [0.1, 0.15) is 5.75 Å². The average molecular weight is 330 g/mol. The summed E-state index contributed by atoms with van der Waals surface area (Å²) in [6, 6.07) is 7.77. The first kappa shape index (κ1) is 16.4. The van der Waals surface area contributed by atoms with E-state index in [-0.39, 0.29) is 12.5 Å². The molecule has 7 heteroatoms. The Hall–Kier alpha value is -2.41. The maximum atomic E-state index is 12.8. The van der Waals surface area contributed by atoms with Gasteiger partial charge in [-0.3, -0.25) is 4.79 Å². The Morgan fingerprint density at radius 1 is 1.38 bits per heavy atom. The highest BCUT2D eigenvalue weighted by Gasteiger charge is 2.24. The molecule has 1 aliphatic rings. The van der Waals surface area contributed by atoms with E-state index in [1.54, 1.807) is 19.1 Å². The van der Waals surface area contributed by atoms with Gasteiger partial charge in [0.25, 0.3) is 5.91 Å². The Labute approximate surface area is 141 Å². The lowest BCUT2D eigenvalue weighted by atomic mass is 10.0. The number of para-hydroxylation sites is 1. The second kappa shape index (κ2) is 7.44. The summed E-state index contributed by atoms with van der Waals surface area (Å²) >= 11 is 0. The molecule has 7 nitrogen and oxygen atoms in total.